The molecular weight excluding hydrogens is 282 g/mol. The van der Waals surface area contributed by atoms with Crippen LogP contribution >= 0.6 is 0 Å². The van der Waals surface area contributed by atoms with Crippen molar-refractivity contribution in [2.24, 2.45) is 0 Å². The highest BCUT2D eigenvalue weighted by atomic mass is 16.6. The molecule has 0 atom stereocenters. The summed E-state index contributed by atoms with van der Waals surface area (Å²) in [5.41, 5.74) is -0.928. The van der Waals surface area contributed by atoms with Crippen molar-refractivity contribution in [1.29, 1.82) is 0 Å². The third-order valence-corrected chi connectivity index (χ3v) is 3.21. The molecule has 8 nitrogen and oxygen atoms in total. The number of hydrogen-bond donors (Lipinski definition) is 2. The summed E-state index contributed by atoms with van der Waals surface area (Å²) >= 11 is 0. The van der Waals surface area contributed by atoms with E-state index < -0.39 is 39.6 Å². The summed E-state index contributed by atoms with van der Waals surface area (Å²) in [4.78, 5) is 32.5. The molecule has 1 aliphatic rings. The number of benzene rings is 1. The van der Waals surface area contributed by atoms with E-state index in [-0.39, 0.29) is 5.75 Å². The molecule has 0 saturated carbocycles. The molecule has 1 aliphatic heterocycles. The maximum Gasteiger partial charge on any atom is 0.322 e. The van der Waals surface area contributed by atoms with Gasteiger partial charge in [-0.1, -0.05) is 0 Å². The minimum Gasteiger partial charge on any atom is -0.487 e. The summed E-state index contributed by atoms with van der Waals surface area (Å²) in [6.45, 7) is 3.56. The fraction of sp³-hybridized carbons (Fsp3) is 0.385. The quantitative estimate of drug-likeness (QED) is 0.490. The first-order valence-electron chi connectivity index (χ1n) is 6.08. The van der Waals surface area contributed by atoms with E-state index >= 15 is 0 Å². The highest BCUT2D eigenvalue weighted by Gasteiger charge is 2.38. The second-order valence-electron chi connectivity index (χ2n) is 5.42. The van der Waals surface area contributed by atoms with Gasteiger partial charge in [-0.05, 0) is 19.9 Å². The largest absolute Gasteiger partial charge is 0.487 e. The number of ether oxygens (including phenoxy) is 1. The Morgan fingerprint density at radius 2 is 1.90 bits per heavy atom. The Morgan fingerprint density at radius 3 is 2.38 bits per heavy atom. The number of nitro groups is 1. The predicted molar refractivity (Wildman–Crippen MR) is 69.5 cm³/mol. The number of carbonyl (C=O) groups is 2. The summed E-state index contributed by atoms with van der Waals surface area (Å²) in [6, 6.07) is 2.34. The van der Waals surface area contributed by atoms with Gasteiger partial charge in [-0.3, -0.25) is 19.7 Å². The molecule has 0 bridgehead atoms. The molecule has 2 rings (SSSR count). The van der Waals surface area contributed by atoms with Crippen molar-refractivity contribution in [3.8, 4) is 5.75 Å². The van der Waals surface area contributed by atoms with E-state index in [4.69, 9.17) is 14.9 Å². The molecule has 0 amide bonds. The van der Waals surface area contributed by atoms with E-state index in [9.17, 15) is 19.7 Å². The molecule has 112 valence electrons. The van der Waals surface area contributed by atoms with E-state index in [1.165, 1.54) is 6.07 Å². The van der Waals surface area contributed by atoms with Gasteiger partial charge in [0.05, 0.1) is 10.5 Å². The SMILES string of the molecule is CC1(C)Cc2cc([N+](=O)[O-])c(C(C(=O)O)C(=O)O)cc2O1. The lowest BCUT2D eigenvalue weighted by Gasteiger charge is -2.17. The van der Waals surface area contributed by atoms with Gasteiger partial charge in [-0.15, -0.1) is 0 Å². The summed E-state index contributed by atoms with van der Waals surface area (Å²) in [6.07, 6.45) is 0.425. The predicted octanol–water partition coefficient (Wildman–Crippen LogP) is 1.56. The minimum atomic E-state index is -2.01. The first-order valence-corrected chi connectivity index (χ1v) is 6.08. The zero-order valence-electron chi connectivity index (χ0n) is 11.3. The number of aliphatic carboxylic acids is 2. The van der Waals surface area contributed by atoms with Crippen LogP contribution in [0.15, 0.2) is 12.1 Å². The molecule has 1 aromatic rings. The number of fused-ring (bicyclic) bond motifs is 1. The van der Waals surface area contributed by atoms with Gasteiger partial charge in [-0.25, -0.2) is 0 Å². The topological polar surface area (TPSA) is 127 Å². The Hall–Kier alpha value is -2.64. The summed E-state index contributed by atoms with van der Waals surface area (Å²) in [5, 5.41) is 29.1. The van der Waals surface area contributed by atoms with Gasteiger partial charge in [0.2, 0.25) is 0 Å². The average molecular weight is 295 g/mol. The van der Waals surface area contributed by atoms with Crippen LogP contribution in [0.1, 0.15) is 30.9 Å². The van der Waals surface area contributed by atoms with Crippen LogP contribution in [0.2, 0.25) is 0 Å². The van der Waals surface area contributed by atoms with Crippen LogP contribution in [-0.2, 0) is 16.0 Å². The van der Waals surface area contributed by atoms with Gasteiger partial charge in [0.25, 0.3) is 5.69 Å². The minimum absolute atomic E-state index is 0.285. The number of rotatable bonds is 4. The standard InChI is InChI=1S/C13H13NO7/c1-13(2)5-6-3-8(14(19)20)7(4-9(6)21-13)10(11(15)16)12(17)18/h3-4,10H,5H2,1-2H3,(H,15,16)(H,17,18). The van der Waals surface area contributed by atoms with Crippen molar-refractivity contribution in [3.63, 3.8) is 0 Å². The highest BCUT2D eigenvalue weighted by molar-refractivity contribution is 6.00. The Balaban J connectivity index is 2.64. The van der Waals surface area contributed by atoms with Crippen LogP contribution in [-0.4, -0.2) is 32.7 Å². The molecule has 0 aromatic heterocycles. The average Bonchev–Trinajstić information content (AvgIpc) is 2.59. The number of carboxylic acid groups (broad SMARTS) is 2. The van der Waals surface area contributed by atoms with Crippen LogP contribution in [0.5, 0.6) is 5.75 Å². The first kappa shape index (κ1) is 14.8. The van der Waals surface area contributed by atoms with Gasteiger partial charge >= 0.3 is 11.9 Å². The van der Waals surface area contributed by atoms with Gasteiger partial charge in [0, 0.05) is 18.1 Å². The van der Waals surface area contributed by atoms with Crippen molar-refractivity contribution >= 4 is 17.6 Å². The first-order chi connectivity index (χ1) is 9.62. The number of nitrogens with zero attached hydrogens (tertiary/aromatic N) is 1. The Morgan fingerprint density at radius 1 is 1.33 bits per heavy atom. The number of hydrogen-bond acceptors (Lipinski definition) is 5. The maximum atomic E-state index is 11.1. The Kier molecular flexibility index (Phi) is 3.32. The van der Waals surface area contributed by atoms with Gasteiger partial charge in [-0.2, -0.15) is 0 Å². The zero-order valence-corrected chi connectivity index (χ0v) is 11.3. The lowest BCUT2D eigenvalue weighted by molar-refractivity contribution is -0.385. The van der Waals surface area contributed by atoms with Crippen LogP contribution in [0.25, 0.3) is 0 Å². The molecule has 0 radical (unpaired) electrons. The van der Waals surface area contributed by atoms with E-state index in [0.29, 0.717) is 12.0 Å². The van der Waals surface area contributed by atoms with E-state index in [1.54, 1.807) is 13.8 Å². The Labute approximate surface area is 119 Å². The fourth-order valence-electron chi connectivity index (χ4n) is 2.41. The molecule has 0 aliphatic carbocycles. The summed E-state index contributed by atoms with van der Waals surface area (Å²) < 4.78 is 5.57. The molecule has 21 heavy (non-hydrogen) atoms. The molecule has 1 heterocycles. The van der Waals surface area contributed by atoms with Crippen molar-refractivity contribution in [2.45, 2.75) is 31.8 Å². The van der Waals surface area contributed by atoms with E-state index in [2.05, 4.69) is 0 Å². The number of nitro benzene ring substituents is 1. The van der Waals surface area contributed by atoms with Crippen LogP contribution in [0.3, 0.4) is 0 Å². The van der Waals surface area contributed by atoms with Crippen LogP contribution < -0.4 is 4.74 Å². The van der Waals surface area contributed by atoms with Crippen LogP contribution in [0.4, 0.5) is 5.69 Å². The molecule has 0 saturated heterocycles. The normalized spacial score (nSPS) is 15.4. The molecular formula is C13H13NO7. The second-order valence-corrected chi connectivity index (χ2v) is 5.42. The highest BCUT2D eigenvalue weighted by Crippen LogP contribution is 2.41. The second kappa shape index (κ2) is 4.72. The smallest absolute Gasteiger partial charge is 0.322 e. The zero-order chi connectivity index (χ0) is 15.9. The molecule has 2 N–H and O–H groups in total. The third kappa shape index (κ3) is 2.64. The lowest BCUT2D eigenvalue weighted by Crippen LogP contribution is -2.24. The van der Waals surface area contributed by atoms with Crippen molar-refractivity contribution in [3.05, 3.63) is 33.4 Å². The summed E-state index contributed by atoms with van der Waals surface area (Å²) in [5.74, 6) is -5.05. The van der Waals surface area contributed by atoms with E-state index in [0.717, 1.165) is 6.07 Å². The molecule has 0 fully saturated rings. The van der Waals surface area contributed by atoms with Crippen molar-refractivity contribution in [2.75, 3.05) is 0 Å². The van der Waals surface area contributed by atoms with Crippen molar-refractivity contribution < 1.29 is 29.5 Å². The molecule has 1 aromatic carbocycles. The number of carboxylic acids is 2. The van der Waals surface area contributed by atoms with Crippen molar-refractivity contribution in [1.82, 2.24) is 0 Å². The van der Waals surface area contributed by atoms with Gasteiger partial charge < -0.3 is 14.9 Å². The van der Waals surface area contributed by atoms with Crippen LogP contribution in [0, 0.1) is 10.1 Å². The van der Waals surface area contributed by atoms with Gasteiger partial charge in [0.15, 0.2) is 5.92 Å². The Bertz CT molecular complexity index is 636. The molecule has 0 unspecified atom stereocenters. The van der Waals surface area contributed by atoms with Gasteiger partial charge in [0.1, 0.15) is 11.4 Å². The van der Waals surface area contributed by atoms with E-state index in [1.807, 2.05) is 0 Å². The molecule has 0 spiro atoms. The summed E-state index contributed by atoms with van der Waals surface area (Å²) in [7, 11) is 0. The maximum absolute atomic E-state index is 11.1. The molecule has 8 heteroatoms. The monoisotopic (exact) mass is 295 g/mol. The lowest BCUT2D eigenvalue weighted by atomic mass is 9.94. The third-order valence-electron chi connectivity index (χ3n) is 3.21. The fourth-order valence-corrected chi connectivity index (χ4v) is 2.41.